The zero-order valence-electron chi connectivity index (χ0n) is 11.2. The lowest BCUT2D eigenvalue weighted by Crippen LogP contribution is -2.61. The van der Waals surface area contributed by atoms with Crippen molar-refractivity contribution in [3.8, 4) is 0 Å². The summed E-state index contributed by atoms with van der Waals surface area (Å²) in [5, 5.41) is 9.20. The van der Waals surface area contributed by atoms with Crippen LogP contribution in [-0.4, -0.2) is 53.0 Å². The summed E-state index contributed by atoms with van der Waals surface area (Å²) in [6, 6.07) is 0. The fraction of sp³-hybridized carbons (Fsp3) is 1.00. The molecule has 1 fully saturated rings. The lowest BCUT2D eigenvalue weighted by molar-refractivity contribution is -0.182. The number of ether oxygens (including phenoxy) is 1. The predicted octanol–water partition coefficient (Wildman–Crippen LogP) is 0.586. The van der Waals surface area contributed by atoms with Crippen LogP contribution < -0.4 is 5.73 Å². The summed E-state index contributed by atoms with van der Waals surface area (Å²) in [4.78, 5) is 2.28. The quantitative estimate of drug-likeness (QED) is 0.745. The van der Waals surface area contributed by atoms with Crippen molar-refractivity contribution >= 4 is 0 Å². The molecule has 0 aromatic carbocycles. The molecule has 0 bridgehead atoms. The molecule has 96 valence electrons. The maximum absolute atomic E-state index is 9.20. The molecule has 1 saturated heterocycles. The van der Waals surface area contributed by atoms with E-state index in [1.165, 1.54) is 0 Å². The van der Waals surface area contributed by atoms with Gasteiger partial charge in [-0.05, 0) is 34.6 Å². The monoisotopic (exact) mass is 230 g/mol. The Hall–Kier alpha value is -0.160. The van der Waals surface area contributed by atoms with Crippen molar-refractivity contribution in [3.63, 3.8) is 0 Å². The highest BCUT2D eigenvalue weighted by Gasteiger charge is 2.39. The molecule has 1 atom stereocenters. The second-order valence-electron chi connectivity index (χ2n) is 6.58. The molecule has 0 amide bonds. The van der Waals surface area contributed by atoms with Gasteiger partial charge in [-0.1, -0.05) is 0 Å². The summed E-state index contributed by atoms with van der Waals surface area (Å²) >= 11 is 0. The highest BCUT2D eigenvalue weighted by molar-refractivity contribution is 4.92. The number of morpholine rings is 1. The van der Waals surface area contributed by atoms with Gasteiger partial charge in [0.25, 0.3) is 0 Å². The minimum absolute atomic E-state index is 0.00517. The topological polar surface area (TPSA) is 58.7 Å². The molecular formula is C12H26N2O2. The predicted molar refractivity (Wildman–Crippen MR) is 65.4 cm³/mol. The van der Waals surface area contributed by atoms with E-state index in [0.717, 1.165) is 13.1 Å². The maximum atomic E-state index is 9.20. The van der Waals surface area contributed by atoms with Crippen molar-refractivity contribution in [1.29, 1.82) is 0 Å². The molecule has 1 aliphatic heterocycles. The summed E-state index contributed by atoms with van der Waals surface area (Å²) in [7, 11) is 0. The fourth-order valence-electron chi connectivity index (χ4n) is 2.62. The molecular weight excluding hydrogens is 204 g/mol. The van der Waals surface area contributed by atoms with Crippen LogP contribution in [0.25, 0.3) is 0 Å². The van der Waals surface area contributed by atoms with E-state index in [1.54, 1.807) is 0 Å². The molecule has 1 aliphatic rings. The number of nitrogens with zero attached hydrogens (tertiary/aromatic N) is 1. The van der Waals surface area contributed by atoms with Crippen molar-refractivity contribution in [3.05, 3.63) is 0 Å². The summed E-state index contributed by atoms with van der Waals surface area (Å²) in [6.07, 6.45) is 0. The summed E-state index contributed by atoms with van der Waals surface area (Å²) in [5.74, 6) is 0. The van der Waals surface area contributed by atoms with Gasteiger partial charge in [0.15, 0.2) is 0 Å². The van der Waals surface area contributed by atoms with Crippen molar-refractivity contribution in [2.24, 2.45) is 5.73 Å². The first-order valence-corrected chi connectivity index (χ1v) is 5.88. The molecule has 0 saturated carbocycles. The summed E-state index contributed by atoms with van der Waals surface area (Å²) in [5.41, 5.74) is 5.13. The lowest BCUT2D eigenvalue weighted by Gasteiger charge is -2.48. The molecule has 3 N–H and O–H groups in total. The van der Waals surface area contributed by atoms with Crippen molar-refractivity contribution in [1.82, 2.24) is 4.90 Å². The SMILES string of the molecule is CC(N)(CO)CN1CC(C)(C)OC(C)(C)C1. The molecule has 1 unspecified atom stereocenters. The van der Waals surface area contributed by atoms with Crippen LogP contribution in [0, 0.1) is 0 Å². The molecule has 0 radical (unpaired) electrons. The second kappa shape index (κ2) is 4.26. The van der Waals surface area contributed by atoms with Crippen LogP contribution in [0.2, 0.25) is 0 Å². The van der Waals surface area contributed by atoms with Gasteiger partial charge in [-0.15, -0.1) is 0 Å². The van der Waals surface area contributed by atoms with Crippen LogP contribution in [0.1, 0.15) is 34.6 Å². The largest absolute Gasteiger partial charge is 0.394 e. The average molecular weight is 230 g/mol. The average Bonchev–Trinajstić information content (AvgIpc) is 1.96. The zero-order valence-corrected chi connectivity index (χ0v) is 11.2. The third kappa shape index (κ3) is 4.01. The standard InChI is InChI=1S/C12H26N2O2/c1-10(2)6-14(7-11(3,4)16-10)8-12(5,13)9-15/h15H,6-9,13H2,1-5H3. The Balaban J connectivity index is 2.68. The van der Waals surface area contributed by atoms with E-state index >= 15 is 0 Å². The van der Waals surface area contributed by atoms with Gasteiger partial charge in [-0.3, -0.25) is 4.90 Å². The minimum atomic E-state index is -0.538. The van der Waals surface area contributed by atoms with Gasteiger partial charge in [-0.2, -0.15) is 0 Å². The van der Waals surface area contributed by atoms with E-state index in [9.17, 15) is 5.11 Å². The number of rotatable bonds is 3. The van der Waals surface area contributed by atoms with Crippen molar-refractivity contribution in [2.75, 3.05) is 26.2 Å². The van der Waals surface area contributed by atoms with Crippen molar-refractivity contribution in [2.45, 2.75) is 51.4 Å². The van der Waals surface area contributed by atoms with Gasteiger partial charge >= 0.3 is 0 Å². The Morgan fingerprint density at radius 3 is 2.06 bits per heavy atom. The fourth-order valence-corrected chi connectivity index (χ4v) is 2.62. The van der Waals surface area contributed by atoms with E-state index in [0.29, 0.717) is 6.54 Å². The number of aliphatic hydroxyl groups is 1. The molecule has 4 heteroatoms. The highest BCUT2D eigenvalue weighted by Crippen LogP contribution is 2.28. The van der Waals surface area contributed by atoms with E-state index in [2.05, 4.69) is 32.6 Å². The first kappa shape index (κ1) is 13.9. The van der Waals surface area contributed by atoms with E-state index in [-0.39, 0.29) is 17.8 Å². The molecule has 1 rings (SSSR count). The summed E-state index contributed by atoms with van der Waals surface area (Å²) < 4.78 is 5.99. The molecule has 0 aromatic rings. The molecule has 16 heavy (non-hydrogen) atoms. The number of nitrogens with two attached hydrogens (primary N) is 1. The van der Waals surface area contributed by atoms with Gasteiger partial charge in [0, 0.05) is 25.2 Å². The third-order valence-electron chi connectivity index (χ3n) is 2.71. The van der Waals surface area contributed by atoms with Gasteiger partial charge in [-0.25, -0.2) is 0 Å². The lowest BCUT2D eigenvalue weighted by atomic mass is 9.96. The van der Waals surface area contributed by atoms with Gasteiger partial charge < -0.3 is 15.6 Å². The molecule has 1 heterocycles. The van der Waals surface area contributed by atoms with Crippen LogP contribution in [0.4, 0.5) is 0 Å². The number of aliphatic hydroxyl groups excluding tert-OH is 1. The first-order chi connectivity index (χ1) is 7.05. The Labute approximate surface area is 98.8 Å². The van der Waals surface area contributed by atoms with Crippen LogP contribution in [0.5, 0.6) is 0 Å². The van der Waals surface area contributed by atoms with Crippen LogP contribution in [0.15, 0.2) is 0 Å². The van der Waals surface area contributed by atoms with Gasteiger partial charge in [0.05, 0.1) is 17.8 Å². The Kier molecular flexibility index (Phi) is 3.70. The van der Waals surface area contributed by atoms with E-state index in [1.807, 2.05) is 6.92 Å². The minimum Gasteiger partial charge on any atom is -0.394 e. The van der Waals surface area contributed by atoms with E-state index < -0.39 is 5.54 Å². The molecule has 0 spiro atoms. The molecule has 0 aromatic heterocycles. The molecule has 4 nitrogen and oxygen atoms in total. The Morgan fingerprint density at radius 1 is 1.25 bits per heavy atom. The molecule has 0 aliphatic carbocycles. The van der Waals surface area contributed by atoms with Crippen molar-refractivity contribution < 1.29 is 9.84 Å². The first-order valence-electron chi connectivity index (χ1n) is 5.88. The number of hydrogen-bond acceptors (Lipinski definition) is 4. The smallest absolute Gasteiger partial charge is 0.0760 e. The van der Waals surface area contributed by atoms with Crippen LogP contribution >= 0.6 is 0 Å². The third-order valence-corrected chi connectivity index (χ3v) is 2.71. The normalized spacial score (nSPS) is 28.7. The zero-order chi connectivity index (χ0) is 12.6. The van der Waals surface area contributed by atoms with Gasteiger partial charge in [0.2, 0.25) is 0 Å². The highest BCUT2D eigenvalue weighted by atomic mass is 16.5. The summed E-state index contributed by atoms with van der Waals surface area (Å²) in [6.45, 7) is 12.6. The van der Waals surface area contributed by atoms with Crippen LogP contribution in [0.3, 0.4) is 0 Å². The maximum Gasteiger partial charge on any atom is 0.0760 e. The van der Waals surface area contributed by atoms with Gasteiger partial charge in [0.1, 0.15) is 0 Å². The Bertz CT molecular complexity index is 233. The van der Waals surface area contributed by atoms with E-state index in [4.69, 9.17) is 10.5 Å². The Morgan fingerprint density at radius 2 is 1.69 bits per heavy atom. The number of hydrogen-bond donors (Lipinski definition) is 2. The second-order valence-corrected chi connectivity index (χ2v) is 6.58. The van der Waals surface area contributed by atoms with Crippen LogP contribution in [-0.2, 0) is 4.74 Å².